The van der Waals surface area contributed by atoms with Crippen molar-refractivity contribution < 1.29 is 9.32 Å². The molecule has 1 aliphatic rings. The Morgan fingerprint density at radius 3 is 2.81 bits per heavy atom. The predicted octanol–water partition coefficient (Wildman–Crippen LogP) is 2.53. The molecule has 0 saturated heterocycles. The number of carbonyl (C=O) groups is 1. The minimum atomic E-state index is -0.171. The van der Waals surface area contributed by atoms with Gasteiger partial charge in [-0.1, -0.05) is 19.0 Å². The van der Waals surface area contributed by atoms with Gasteiger partial charge in [-0.25, -0.2) is 9.97 Å². The van der Waals surface area contributed by atoms with E-state index in [1.54, 1.807) is 21.8 Å². The Morgan fingerprint density at radius 1 is 1.30 bits per heavy atom. The number of carbonyl (C=O) groups excluding carboxylic acids is 1. The summed E-state index contributed by atoms with van der Waals surface area (Å²) in [7, 11) is 1.86. The van der Waals surface area contributed by atoms with Crippen LogP contribution < -0.4 is 0 Å². The molecule has 4 rings (SSSR count). The third-order valence-corrected chi connectivity index (χ3v) is 4.81. The maximum atomic E-state index is 12.8. The van der Waals surface area contributed by atoms with Crippen LogP contribution in [0.3, 0.4) is 0 Å². The van der Waals surface area contributed by atoms with Gasteiger partial charge in [0, 0.05) is 43.5 Å². The van der Waals surface area contributed by atoms with Crippen molar-refractivity contribution in [3.05, 3.63) is 46.9 Å². The number of fused-ring (bicyclic) bond motifs is 1. The topological polar surface area (TPSA) is 89.9 Å². The van der Waals surface area contributed by atoms with Gasteiger partial charge in [0.25, 0.3) is 5.91 Å². The second-order valence-corrected chi connectivity index (χ2v) is 7.36. The predicted molar refractivity (Wildman–Crippen MR) is 97.6 cm³/mol. The molecule has 0 fully saturated rings. The molecule has 4 heterocycles. The Bertz CT molecular complexity index is 1000. The number of aryl methyl sites for hydroxylation is 1. The van der Waals surface area contributed by atoms with Crippen molar-refractivity contribution in [2.24, 2.45) is 13.0 Å². The van der Waals surface area contributed by atoms with Crippen LogP contribution in [-0.2, 0) is 26.6 Å². The Kier molecular flexibility index (Phi) is 4.25. The van der Waals surface area contributed by atoms with E-state index >= 15 is 0 Å². The molecule has 0 aromatic carbocycles. The molecule has 0 atom stereocenters. The van der Waals surface area contributed by atoms with Gasteiger partial charge in [-0.05, 0) is 12.8 Å². The average molecular weight is 366 g/mol. The second kappa shape index (κ2) is 6.61. The first kappa shape index (κ1) is 17.4. The molecule has 140 valence electrons. The third kappa shape index (κ3) is 3.22. The van der Waals surface area contributed by atoms with E-state index in [2.05, 4.69) is 34.1 Å². The molecule has 0 radical (unpaired) electrons. The molecule has 8 heteroatoms. The van der Waals surface area contributed by atoms with Crippen LogP contribution in [0.25, 0.3) is 11.3 Å². The Labute approximate surface area is 157 Å². The van der Waals surface area contributed by atoms with E-state index < -0.39 is 0 Å². The van der Waals surface area contributed by atoms with Crippen LogP contribution in [0.4, 0.5) is 0 Å². The molecule has 8 nitrogen and oxygen atoms in total. The number of hydrogen-bond donors (Lipinski definition) is 0. The van der Waals surface area contributed by atoms with Gasteiger partial charge >= 0.3 is 0 Å². The van der Waals surface area contributed by atoms with Crippen molar-refractivity contribution in [1.82, 2.24) is 29.8 Å². The van der Waals surface area contributed by atoms with Crippen LogP contribution in [0.15, 0.2) is 23.0 Å². The molecular formula is C19H22N6O2. The molecule has 3 aromatic rings. The highest BCUT2D eigenvalue weighted by Gasteiger charge is 2.28. The van der Waals surface area contributed by atoms with Crippen molar-refractivity contribution in [1.29, 1.82) is 0 Å². The molecule has 27 heavy (non-hydrogen) atoms. The van der Waals surface area contributed by atoms with Gasteiger partial charge in [-0.2, -0.15) is 5.10 Å². The van der Waals surface area contributed by atoms with Crippen LogP contribution in [0.2, 0.25) is 0 Å². The van der Waals surface area contributed by atoms with Gasteiger partial charge in [0.15, 0.2) is 11.5 Å². The molecule has 0 saturated carbocycles. The van der Waals surface area contributed by atoms with Gasteiger partial charge < -0.3 is 9.42 Å². The van der Waals surface area contributed by atoms with Crippen molar-refractivity contribution in [2.75, 3.05) is 0 Å². The highest BCUT2D eigenvalue weighted by atomic mass is 16.5. The smallest absolute Gasteiger partial charge is 0.276 e. The fraction of sp³-hybridized carbons (Fsp3) is 0.421. The summed E-state index contributed by atoms with van der Waals surface area (Å²) in [4.78, 5) is 23.6. The number of nitrogens with zero attached hydrogens (tertiary/aromatic N) is 6. The van der Waals surface area contributed by atoms with Crippen molar-refractivity contribution >= 4 is 5.91 Å². The van der Waals surface area contributed by atoms with Gasteiger partial charge in [0.05, 0.1) is 24.0 Å². The van der Waals surface area contributed by atoms with Crippen LogP contribution in [0.1, 0.15) is 47.1 Å². The molecule has 1 amide bonds. The molecule has 0 bridgehead atoms. The summed E-state index contributed by atoms with van der Waals surface area (Å²) in [5.74, 6) is 1.69. The maximum Gasteiger partial charge on any atom is 0.276 e. The average Bonchev–Trinajstić information content (AvgIpc) is 3.33. The fourth-order valence-corrected chi connectivity index (χ4v) is 3.21. The molecule has 3 aromatic heterocycles. The lowest BCUT2D eigenvalue weighted by Gasteiger charge is -2.12. The van der Waals surface area contributed by atoms with Gasteiger partial charge in [-0.3, -0.25) is 9.48 Å². The zero-order valence-electron chi connectivity index (χ0n) is 15.9. The number of aromatic nitrogens is 5. The quantitative estimate of drug-likeness (QED) is 0.705. The van der Waals surface area contributed by atoms with Crippen LogP contribution in [0.5, 0.6) is 0 Å². The minimum Gasteiger partial charge on any atom is -0.355 e. The molecule has 0 aliphatic carbocycles. The summed E-state index contributed by atoms with van der Waals surface area (Å²) in [5.41, 5.74) is 3.98. The Morgan fingerprint density at radius 2 is 2.11 bits per heavy atom. The van der Waals surface area contributed by atoms with Crippen LogP contribution >= 0.6 is 0 Å². The number of amides is 1. The SMILES string of the molecule is Cc1c(-c2cc(C(=O)N3Cc4cnc(CC(C)C)nc4C3)no2)cnn1C. The lowest BCUT2D eigenvalue weighted by molar-refractivity contribution is 0.0740. The van der Waals surface area contributed by atoms with E-state index in [1.165, 1.54) is 0 Å². The Hall–Kier alpha value is -3.03. The van der Waals surface area contributed by atoms with E-state index in [-0.39, 0.29) is 11.6 Å². The van der Waals surface area contributed by atoms with E-state index in [0.717, 1.165) is 34.8 Å². The first-order valence-corrected chi connectivity index (χ1v) is 9.01. The highest BCUT2D eigenvalue weighted by molar-refractivity contribution is 5.93. The van der Waals surface area contributed by atoms with Crippen LogP contribution in [0, 0.1) is 12.8 Å². The van der Waals surface area contributed by atoms with Crippen molar-refractivity contribution in [2.45, 2.75) is 40.3 Å². The normalized spacial score (nSPS) is 13.4. The Balaban J connectivity index is 1.52. The van der Waals surface area contributed by atoms with E-state index in [0.29, 0.717) is 24.8 Å². The first-order valence-electron chi connectivity index (χ1n) is 9.01. The summed E-state index contributed by atoms with van der Waals surface area (Å²) >= 11 is 0. The highest BCUT2D eigenvalue weighted by Crippen LogP contribution is 2.26. The summed E-state index contributed by atoms with van der Waals surface area (Å²) in [6.45, 7) is 7.17. The molecule has 0 spiro atoms. The van der Waals surface area contributed by atoms with E-state index in [9.17, 15) is 4.79 Å². The summed E-state index contributed by atoms with van der Waals surface area (Å²) in [6.07, 6.45) is 4.38. The summed E-state index contributed by atoms with van der Waals surface area (Å²) < 4.78 is 7.14. The zero-order valence-corrected chi connectivity index (χ0v) is 15.9. The molecular weight excluding hydrogens is 344 g/mol. The van der Waals surface area contributed by atoms with E-state index in [4.69, 9.17) is 4.52 Å². The summed E-state index contributed by atoms with van der Waals surface area (Å²) in [5, 5.41) is 8.17. The zero-order chi connectivity index (χ0) is 19.1. The molecule has 0 N–H and O–H groups in total. The van der Waals surface area contributed by atoms with Gasteiger partial charge in [0.2, 0.25) is 0 Å². The van der Waals surface area contributed by atoms with Gasteiger partial charge in [0.1, 0.15) is 5.82 Å². The number of hydrogen-bond acceptors (Lipinski definition) is 6. The fourth-order valence-electron chi connectivity index (χ4n) is 3.21. The largest absolute Gasteiger partial charge is 0.355 e. The molecule has 1 aliphatic heterocycles. The lowest BCUT2D eigenvalue weighted by Crippen LogP contribution is -2.25. The van der Waals surface area contributed by atoms with Crippen molar-refractivity contribution in [3.63, 3.8) is 0 Å². The number of rotatable bonds is 4. The summed E-state index contributed by atoms with van der Waals surface area (Å²) in [6, 6.07) is 1.67. The minimum absolute atomic E-state index is 0.171. The lowest BCUT2D eigenvalue weighted by atomic mass is 10.1. The first-order chi connectivity index (χ1) is 12.9. The van der Waals surface area contributed by atoms with Crippen molar-refractivity contribution in [3.8, 4) is 11.3 Å². The third-order valence-electron chi connectivity index (χ3n) is 4.81. The van der Waals surface area contributed by atoms with Crippen LogP contribution in [-0.4, -0.2) is 35.7 Å². The standard InChI is InChI=1S/C19H22N6O2/c1-11(2)5-18-20-7-13-9-25(10-16(13)22-18)19(26)15-6-17(27-23-15)14-8-21-24(4)12(14)3/h6-8,11H,5,9-10H2,1-4H3. The maximum absolute atomic E-state index is 12.8. The van der Waals surface area contributed by atoms with Gasteiger partial charge in [-0.15, -0.1) is 0 Å². The monoisotopic (exact) mass is 366 g/mol. The van der Waals surface area contributed by atoms with E-state index in [1.807, 2.05) is 20.2 Å². The second-order valence-electron chi connectivity index (χ2n) is 7.36. The molecule has 0 unspecified atom stereocenters.